The number of hydrogen-bond acceptors (Lipinski definition) is 4. The number of hydrazone groups is 1. The van der Waals surface area contributed by atoms with E-state index >= 15 is 0 Å². The average molecular weight is 317 g/mol. The second-order valence-electron chi connectivity index (χ2n) is 5.40. The SMILES string of the molecule is Cc1ccc2c(c1)C(c1ccccc1)=NNC(c1cccs1)=N2. The molecule has 3 aromatic rings. The largest absolute Gasteiger partial charge is 0.260 e. The van der Waals surface area contributed by atoms with Crippen LogP contribution in [-0.4, -0.2) is 11.5 Å². The highest BCUT2D eigenvalue weighted by Gasteiger charge is 2.17. The molecule has 4 heteroatoms. The van der Waals surface area contributed by atoms with E-state index in [0.717, 1.165) is 33.2 Å². The first-order valence-electron chi connectivity index (χ1n) is 7.44. The number of thiophene rings is 1. The van der Waals surface area contributed by atoms with Crippen molar-refractivity contribution in [3.8, 4) is 0 Å². The monoisotopic (exact) mass is 317 g/mol. The van der Waals surface area contributed by atoms with E-state index in [1.165, 1.54) is 5.56 Å². The van der Waals surface area contributed by atoms with Gasteiger partial charge in [-0.1, -0.05) is 48.0 Å². The first-order chi connectivity index (χ1) is 11.3. The first kappa shape index (κ1) is 13.9. The number of nitrogens with zero attached hydrogens (tertiary/aromatic N) is 2. The number of aliphatic imine (C=N–C) groups is 1. The van der Waals surface area contributed by atoms with E-state index in [9.17, 15) is 0 Å². The average Bonchev–Trinajstić information content (AvgIpc) is 3.05. The quantitative estimate of drug-likeness (QED) is 0.743. The van der Waals surface area contributed by atoms with E-state index < -0.39 is 0 Å². The van der Waals surface area contributed by atoms with Crippen molar-refractivity contribution >= 4 is 28.6 Å². The van der Waals surface area contributed by atoms with Crippen molar-refractivity contribution in [1.29, 1.82) is 0 Å². The van der Waals surface area contributed by atoms with E-state index in [1.54, 1.807) is 11.3 Å². The second-order valence-corrected chi connectivity index (χ2v) is 6.34. The Kier molecular flexibility index (Phi) is 3.52. The van der Waals surface area contributed by atoms with Gasteiger partial charge in [0, 0.05) is 11.1 Å². The van der Waals surface area contributed by atoms with Crippen LogP contribution in [0.2, 0.25) is 0 Å². The molecular formula is C19H15N3S. The summed E-state index contributed by atoms with van der Waals surface area (Å²) in [4.78, 5) is 5.88. The van der Waals surface area contributed by atoms with Crippen molar-refractivity contribution in [3.63, 3.8) is 0 Å². The Morgan fingerprint density at radius 3 is 2.61 bits per heavy atom. The highest BCUT2D eigenvalue weighted by molar-refractivity contribution is 7.12. The molecule has 0 spiro atoms. The minimum absolute atomic E-state index is 0.788. The Morgan fingerprint density at radius 2 is 1.83 bits per heavy atom. The molecule has 0 aliphatic carbocycles. The molecule has 1 aromatic heterocycles. The van der Waals surface area contributed by atoms with Crippen molar-refractivity contribution in [1.82, 2.24) is 5.43 Å². The molecule has 0 saturated heterocycles. The number of fused-ring (bicyclic) bond motifs is 1. The fourth-order valence-corrected chi connectivity index (χ4v) is 3.25. The van der Waals surface area contributed by atoms with Crippen LogP contribution in [0.1, 0.15) is 21.6 Å². The van der Waals surface area contributed by atoms with Crippen LogP contribution >= 0.6 is 11.3 Å². The molecule has 0 unspecified atom stereocenters. The summed E-state index contributed by atoms with van der Waals surface area (Å²) in [6.45, 7) is 2.09. The van der Waals surface area contributed by atoms with Gasteiger partial charge in [0.25, 0.3) is 0 Å². The van der Waals surface area contributed by atoms with E-state index in [1.807, 2.05) is 35.7 Å². The zero-order valence-corrected chi connectivity index (χ0v) is 13.5. The predicted octanol–water partition coefficient (Wildman–Crippen LogP) is 4.49. The summed E-state index contributed by atoms with van der Waals surface area (Å²) in [5.41, 5.74) is 8.33. The van der Waals surface area contributed by atoms with Gasteiger partial charge in [0.2, 0.25) is 0 Å². The normalized spacial score (nSPS) is 13.4. The van der Waals surface area contributed by atoms with Gasteiger partial charge in [0.15, 0.2) is 5.84 Å². The molecule has 0 saturated carbocycles. The van der Waals surface area contributed by atoms with Crippen LogP contribution in [0.5, 0.6) is 0 Å². The Morgan fingerprint density at radius 1 is 0.957 bits per heavy atom. The fraction of sp³-hybridized carbons (Fsp3) is 0.0526. The molecule has 0 amide bonds. The molecule has 2 heterocycles. The van der Waals surface area contributed by atoms with Crippen LogP contribution in [0, 0.1) is 6.92 Å². The third-order valence-electron chi connectivity index (χ3n) is 3.71. The zero-order chi connectivity index (χ0) is 15.6. The van der Waals surface area contributed by atoms with Crippen LogP contribution in [0.15, 0.2) is 76.1 Å². The highest BCUT2D eigenvalue weighted by atomic mass is 32.1. The maximum absolute atomic E-state index is 4.80. The lowest BCUT2D eigenvalue weighted by molar-refractivity contribution is 1.03. The van der Waals surface area contributed by atoms with Gasteiger partial charge in [-0.2, -0.15) is 5.10 Å². The van der Waals surface area contributed by atoms with Crippen LogP contribution in [-0.2, 0) is 0 Å². The van der Waals surface area contributed by atoms with Gasteiger partial charge >= 0.3 is 0 Å². The second kappa shape index (κ2) is 5.82. The molecular weight excluding hydrogens is 302 g/mol. The standard InChI is InChI=1S/C19H15N3S/c1-13-9-10-16-15(12-13)18(14-6-3-2-4-7-14)21-22-19(20-16)17-8-5-11-23-17/h2-12H,1H3,(H,20,22). The van der Waals surface area contributed by atoms with Gasteiger partial charge in [0.1, 0.15) is 0 Å². The number of benzene rings is 2. The Labute approximate surface area is 139 Å². The molecule has 23 heavy (non-hydrogen) atoms. The topological polar surface area (TPSA) is 36.8 Å². The molecule has 3 nitrogen and oxygen atoms in total. The maximum atomic E-state index is 4.80. The first-order valence-corrected chi connectivity index (χ1v) is 8.32. The van der Waals surface area contributed by atoms with E-state index in [2.05, 4.69) is 47.8 Å². The Bertz CT molecular complexity index is 894. The molecule has 0 atom stereocenters. The van der Waals surface area contributed by atoms with Crippen molar-refractivity contribution in [2.24, 2.45) is 10.1 Å². The highest BCUT2D eigenvalue weighted by Crippen LogP contribution is 2.27. The number of amidine groups is 1. The molecule has 1 aliphatic heterocycles. The molecule has 0 bridgehead atoms. The van der Waals surface area contributed by atoms with Gasteiger partial charge in [-0.3, -0.25) is 5.43 Å². The molecule has 4 rings (SSSR count). The van der Waals surface area contributed by atoms with Crippen LogP contribution in [0.4, 0.5) is 5.69 Å². The molecule has 1 aliphatic rings. The minimum Gasteiger partial charge on any atom is -0.260 e. The number of nitrogens with one attached hydrogen (secondary N) is 1. The lowest BCUT2D eigenvalue weighted by Crippen LogP contribution is -2.18. The molecule has 2 aromatic carbocycles. The lowest BCUT2D eigenvalue weighted by Gasteiger charge is -2.08. The number of rotatable bonds is 2. The summed E-state index contributed by atoms with van der Waals surface area (Å²) in [5, 5.41) is 6.70. The number of hydrogen-bond donors (Lipinski definition) is 1. The van der Waals surface area contributed by atoms with Gasteiger partial charge in [-0.25, -0.2) is 4.99 Å². The van der Waals surface area contributed by atoms with Crippen LogP contribution < -0.4 is 5.43 Å². The van der Waals surface area contributed by atoms with Crippen LogP contribution in [0.25, 0.3) is 0 Å². The molecule has 0 radical (unpaired) electrons. The molecule has 0 fully saturated rings. The molecule has 1 N–H and O–H groups in total. The minimum atomic E-state index is 0.788. The summed E-state index contributed by atoms with van der Waals surface area (Å²) in [5.74, 6) is 0.788. The predicted molar refractivity (Wildman–Crippen MR) is 96.9 cm³/mol. The van der Waals surface area contributed by atoms with Crippen LogP contribution in [0.3, 0.4) is 0 Å². The van der Waals surface area contributed by atoms with Crippen molar-refractivity contribution in [2.75, 3.05) is 0 Å². The zero-order valence-electron chi connectivity index (χ0n) is 12.7. The van der Waals surface area contributed by atoms with Gasteiger partial charge < -0.3 is 0 Å². The van der Waals surface area contributed by atoms with Crippen molar-refractivity contribution < 1.29 is 0 Å². The lowest BCUT2D eigenvalue weighted by atomic mass is 9.99. The van der Waals surface area contributed by atoms with Crippen molar-refractivity contribution in [2.45, 2.75) is 6.92 Å². The smallest absolute Gasteiger partial charge is 0.164 e. The van der Waals surface area contributed by atoms with Crippen molar-refractivity contribution in [3.05, 3.63) is 87.6 Å². The summed E-state index contributed by atoms with van der Waals surface area (Å²) in [6, 6.07) is 20.6. The van der Waals surface area contributed by atoms with Gasteiger partial charge in [-0.15, -0.1) is 11.3 Å². The summed E-state index contributed by atoms with van der Waals surface area (Å²) >= 11 is 1.65. The molecule has 112 valence electrons. The van der Waals surface area contributed by atoms with E-state index in [0.29, 0.717) is 0 Å². The van der Waals surface area contributed by atoms with E-state index in [4.69, 9.17) is 4.99 Å². The maximum Gasteiger partial charge on any atom is 0.164 e. The van der Waals surface area contributed by atoms with Gasteiger partial charge in [-0.05, 0) is 30.5 Å². The number of aryl methyl sites for hydroxylation is 1. The Balaban J connectivity index is 1.90. The summed E-state index contributed by atoms with van der Waals surface area (Å²) in [7, 11) is 0. The fourth-order valence-electron chi connectivity index (χ4n) is 2.59. The summed E-state index contributed by atoms with van der Waals surface area (Å²) in [6.07, 6.45) is 0. The van der Waals surface area contributed by atoms with E-state index in [-0.39, 0.29) is 0 Å². The third kappa shape index (κ3) is 2.69. The third-order valence-corrected chi connectivity index (χ3v) is 4.59. The Hall–Kier alpha value is -2.72. The summed E-state index contributed by atoms with van der Waals surface area (Å²) < 4.78 is 0. The van der Waals surface area contributed by atoms with Gasteiger partial charge in [0.05, 0.1) is 16.3 Å².